The summed E-state index contributed by atoms with van der Waals surface area (Å²) < 4.78 is 5.32. The third-order valence-corrected chi connectivity index (χ3v) is 4.44. The number of carbonyl (C=O) groups is 2. The molecule has 0 spiro atoms. The first-order chi connectivity index (χ1) is 13.0. The Morgan fingerprint density at radius 3 is 2.22 bits per heavy atom. The lowest BCUT2D eigenvalue weighted by molar-refractivity contribution is 0.101. The van der Waals surface area contributed by atoms with E-state index in [0.717, 1.165) is 11.1 Å². The summed E-state index contributed by atoms with van der Waals surface area (Å²) in [5.41, 5.74) is 3.62. The highest BCUT2D eigenvalue weighted by Crippen LogP contribution is 2.32. The second kappa shape index (κ2) is 8.10. The largest absolute Gasteiger partial charge is 0.497 e. The van der Waals surface area contributed by atoms with Crippen molar-refractivity contribution in [3.8, 4) is 16.9 Å². The topological polar surface area (TPSA) is 55.4 Å². The molecule has 0 heterocycles. The molecule has 0 aliphatic heterocycles. The average molecular weight is 377 g/mol. The van der Waals surface area contributed by atoms with E-state index >= 15 is 0 Å². The molecule has 0 radical (unpaired) electrons. The van der Waals surface area contributed by atoms with Crippen LogP contribution in [0.1, 0.15) is 26.3 Å². The third kappa shape index (κ3) is 4.20. The molecular formula is C22H19NO3S. The van der Waals surface area contributed by atoms with Crippen LogP contribution in [0.4, 0.5) is 5.69 Å². The summed E-state index contributed by atoms with van der Waals surface area (Å²) in [4.78, 5) is 25.2. The molecule has 0 bridgehead atoms. The lowest BCUT2D eigenvalue weighted by Gasteiger charge is -2.16. The van der Waals surface area contributed by atoms with E-state index in [1.165, 1.54) is 13.2 Å². The summed E-state index contributed by atoms with van der Waals surface area (Å²) in [6.07, 6.45) is 0. The number of hydrogen-bond acceptors (Lipinski definition) is 3. The van der Waals surface area contributed by atoms with Crippen LogP contribution in [0.2, 0.25) is 0 Å². The molecule has 0 aromatic heterocycles. The first kappa shape index (κ1) is 18.7. The second-order valence-corrected chi connectivity index (χ2v) is 6.50. The SMILES string of the molecule is COc1cc(C(=O)S)c(C(=O)Nc2ccc(C)cc2)c(-c2ccccc2)c1. The Kier molecular flexibility index (Phi) is 5.62. The van der Waals surface area contributed by atoms with Crippen LogP contribution >= 0.6 is 12.6 Å². The van der Waals surface area contributed by atoms with Gasteiger partial charge in [0, 0.05) is 11.3 Å². The van der Waals surface area contributed by atoms with Gasteiger partial charge in [-0.25, -0.2) is 0 Å². The van der Waals surface area contributed by atoms with Crippen molar-refractivity contribution in [2.75, 3.05) is 12.4 Å². The smallest absolute Gasteiger partial charge is 0.257 e. The zero-order valence-electron chi connectivity index (χ0n) is 15.0. The van der Waals surface area contributed by atoms with Gasteiger partial charge in [0.25, 0.3) is 5.91 Å². The number of carbonyl (C=O) groups excluding carboxylic acids is 2. The number of aryl methyl sites for hydroxylation is 1. The van der Waals surface area contributed by atoms with Crippen LogP contribution in [0, 0.1) is 6.92 Å². The fourth-order valence-corrected chi connectivity index (χ4v) is 3.00. The number of benzene rings is 3. The number of amides is 1. The second-order valence-electron chi connectivity index (χ2n) is 6.09. The van der Waals surface area contributed by atoms with E-state index in [4.69, 9.17) is 4.74 Å². The highest BCUT2D eigenvalue weighted by molar-refractivity contribution is 7.97. The predicted octanol–water partition coefficient (Wildman–Crippen LogP) is 4.99. The van der Waals surface area contributed by atoms with Crippen LogP contribution in [0.3, 0.4) is 0 Å². The minimum Gasteiger partial charge on any atom is -0.497 e. The molecular weight excluding hydrogens is 358 g/mol. The molecule has 5 heteroatoms. The first-order valence-electron chi connectivity index (χ1n) is 8.38. The van der Waals surface area contributed by atoms with Gasteiger partial charge in [0.05, 0.1) is 12.7 Å². The fraction of sp³-hybridized carbons (Fsp3) is 0.0909. The van der Waals surface area contributed by atoms with Gasteiger partial charge in [0.2, 0.25) is 5.12 Å². The van der Waals surface area contributed by atoms with Crippen molar-refractivity contribution in [1.29, 1.82) is 0 Å². The maximum Gasteiger partial charge on any atom is 0.257 e. The van der Waals surface area contributed by atoms with E-state index in [-0.39, 0.29) is 17.0 Å². The normalized spacial score (nSPS) is 10.3. The number of anilines is 1. The average Bonchev–Trinajstić information content (AvgIpc) is 2.69. The molecule has 1 N–H and O–H groups in total. The van der Waals surface area contributed by atoms with Crippen LogP contribution in [-0.2, 0) is 0 Å². The van der Waals surface area contributed by atoms with Gasteiger partial charge in [-0.3, -0.25) is 9.59 Å². The van der Waals surface area contributed by atoms with Crippen molar-refractivity contribution in [3.63, 3.8) is 0 Å². The van der Waals surface area contributed by atoms with Crippen molar-refractivity contribution in [1.82, 2.24) is 0 Å². The van der Waals surface area contributed by atoms with Crippen molar-refractivity contribution in [2.45, 2.75) is 6.92 Å². The molecule has 3 aromatic rings. The highest BCUT2D eigenvalue weighted by atomic mass is 32.1. The lowest BCUT2D eigenvalue weighted by Crippen LogP contribution is -2.17. The van der Waals surface area contributed by atoms with Crippen molar-refractivity contribution < 1.29 is 14.3 Å². The Hall–Kier alpha value is -3.05. The van der Waals surface area contributed by atoms with Gasteiger partial charge in [-0.1, -0.05) is 48.0 Å². The molecule has 0 aliphatic carbocycles. The van der Waals surface area contributed by atoms with E-state index in [0.29, 0.717) is 17.0 Å². The Labute approximate surface area is 163 Å². The summed E-state index contributed by atoms with van der Waals surface area (Å²) in [6, 6.07) is 20.1. The molecule has 27 heavy (non-hydrogen) atoms. The summed E-state index contributed by atoms with van der Waals surface area (Å²) in [7, 11) is 1.52. The van der Waals surface area contributed by atoms with Crippen molar-refractivity contribution in [3.05, 3.63) is 83.4 Å². The van der Waals surface area contributed by atoms with E-state index in [1.807, 2.05) is 61.5 Å². The highest BCUT2D eigenvalue weighted by Gasteiger charge is 2.22. The summed E-state index contributed by atoms with van der Waals surface area (Å²) in [5.74, 6) is 0.107. The minimum absolute atomic E-state index is 0.196. The van der Waals surface area contributed by atoms with Crippen LogP contribution in [0.5, 0.6) is 5.75 Å². The summed E-state index contributed by atoms with van der Waals surface area (Å²) >= 11 is 3.96. The lowest BCUT2D eigenvalue weighted by atomic mass is 9.94. The van der Waals surface area contributed by atoms with Gasteiger partial charge in [-0.2, -0.15) is 0 Å². The van der Waals surface area contributed by atoms with Gasteiger partial charge in [-0.15, -0.1) is 12.6 Å². The number of methoxy groups -OCH3 is 1. The molecule has 3 rings (SSSR count). The number of thiol groups is 1. The van der Waals surface area contributed by atoms with E-state index in [2.05, 4.69) is 17.9 Å². The maximum atomic E-state index is 13.1. The Balaban J connectivity index is 2.15. The third-order valence-electron chi connectivity index (χ3n) is 4.20. The van der Waals surface area contributed by atoms with Crippen LogP contribution < -0.4 is 10.1 Å². The first-order valence-corrected chi connectivity index (χ1v) is 8.83. The number of ether oxygens (including phenoxy) is 1. The quantitative estimate of drug-likeness (QED) is 0.616. The molecule has 0 fully saturated rings. The minimum atomic E-state index is -0.500. The zero-order chi connectivity index (χ0) is 19.4. The van der Waals surface area contributed by atoms with Crippen LogP contribution in [0.15, 0.2) is 66.7 Å². The van der Waals surface area contributed by atoms with E-state index in [9.17, 15) is 9.59 Å². The maximum absolute atomic E-state index is 13.1. The number of nitrogens with one attached hydrogen (secondary N) is 1. The molecule has 0 saturated carbocycles. The molecule has 136 valence electrons. The summed E-state index contributed by atoms with van der Waals surface area (Å²) in [5, 5.41) is 2.36. The van der Waals surface area contributed by atoms with Crippen molar-refractivity contribution >= 4 is 29.3 Å². The van der Waals surface area contributed by atoms with Gasteiger partial charge in [0.15, 0.2) is 0 Å². The van der Waals surface area contributed by atoms with Crippen molar-refractivity contribution in [2.24, 2.45) is 0 Å². The van der Waals surface area contributed by atoms with Crippen LogP contribution in [-0.4, -0.2) is 18.1 Å². The molecule has 1 amide bonds. The molecule has 0 unspecified atom stereocenters. The number of rotatable bonds is 5. The summed E-state index contributed by atoms with van der Waals surface area (Å²) in [6.45, 7) is 1.97. The Morgan fingerprint density at radius 2 is 1.63 bits per heavy atom. The van der Waals surface area contributed by atoms with Gasteiger partial charge in [0.1, 0.15) is 5.75 Å². The van der Waals surface area contributed by atoms with E-state index < -0.39 is 5.12 Å². The Bertz CT molecular complexity index is 982. The monoisotopic (exact) mass is 377 g/mol. The zero-order valence-corrected chi connectivity index (χ0v) is 15.9. The fourth-order valence-electron chi connectivity index (χ4n) is 2.82. The Morgan fingerprint density at radius 1 is 0.963 bits per heavy atom. The van der Waals surface area contributed by atoms with Gasteiger partial charge < -0.3 is 10.1 Å². The molecule has 0 atom stereocenters. The van der Waals surface area contributed by atoms with E-state index in [1.54, 1.807) is 6.07 Å². The van der Waals surface area contributed by atoms with Gasteiger partial charge >= 0.3 is 0 Å². The molecule has 3 aromatic carbocycles. The van der Waals surface area contributed by atoms with Crippen LogP contribution in [0.25, 0.3) is 11.1 Å². The van der Waals surface area contributed by atoms with Gasteiger partial charge in [-0.05, 0) is 42.3 Å². The molecule has 0 saturated heterocycles. The number of hydrogen-bond donors (Lipinski definition) is 2. The molecule has 0 aliphatic rings. The molecule has 4 nitrogen and oxygen atoms in total. The predicted molar refractivity (Wildman–Crippen MR) is 111 cm³/mol. The standard InChI is InChI=1S/C22H19NO3S/c1-14-8-10-16(11-9-14)23-21(24)20-18(15-6-4-3-5-7-15)12-17(26-2)13-19(20)22(25)27/h3-13H,1-2H3,(H,23,24)(H,25,27).